The molecule has 22 heavy (non-hydrogen) atoms. The zero-order valence-electron chi connectivity index (χ0n) is 12.1. The van der Waals surface area contributed by atoms with Gasteiger partial charge in [0.25, 0.3) is 5.76 Å². The largest absolute Gasteiger partial charge is 0.358 e. The van der Waals surface area contributed by atoms with E-state index in [2.05, 4.69) is 15.5 Å². The summed E-state index contributed by atoms with van der Waals surface area (Å²) in [7, 11) is 0. The molecule has 7 heteroatoms. The van der Waals surface area contributed by atoms with Gasteiger partial charge in [-0.3, -0.25) is 0 Å². The van der Waals surface area contributed by atoms with Gasteiger partial charge in [-0.05, 0) is 68.3 Å². The van der Waals surface area contributed by atoms with Crippen LogP contribution in [0.4, 0.5) is 14.5 Å². The highest BCUT2D eigenvalue weighted by Gasteiger charge is 2.34. The number of hydrogen-bond acceptors (Lipinski definition) is 3. The van der Waals surface area contributed by atoms with Crippen molar-refractivity contribution >= 4 is 34.8 Å². The first kappa shape index (κ1) is 16.0. The predicted molar refractivity (Wildman–Crippen MR) is 90.6 cm³/mol. The summed E-state index contributed by atoms with van der Waals surface area (Å²) in [6, 6.07) is 7.31. The Labute approximate surface area is 138 Å². The second-order valence-corrected chi connectivity index (χ2v) is 7.22. The van der Waals surface area contributed by atoms with Gasteiger partial charge in [0, 0.05) is 23.2 Å². The summed E-state index contributed by atoms with van der Waals surface area (Å²) >= 11 is 5.92. The van der Waals surface area contributed by atoms with Crippen molar-refractivity contribution in [1.82, 2.24) is 10.2 Å². The van der Waals surface area contributed by atoms with Crippen molar-refractivity contribution in [2.75, 3.05) is 25.0 Å². The van der Waals surface area contributed by atoms with Crippen LogP contribution in [0, 0.1) is 5.92 Å². The molecule has 120 valence electrons. The van der Waals surface area contributed by atoms with Crippen LogP contribution in [0.2, 0.25) is 0 Å². The van der Waals surface area contributed by atoms with Crippen molar-refractivity contribution in [2.24, 2.45) is 5.92 Å². The van der Waals surface area contributed by atoms with Crippen LogP contribution in [-0.4, -0.2) is 41.4 Å². The maximum atomic E-state index is 12.3. The van der Waals surface area contributed by atoms with Gasteiger partial charge in [-0.15, -0.1) is 0 Å². The lowest BCUT2D eigenvalue weighted by Crippen LogP contribution is -2.57. The number of nitrogens with one attached hydrogen (secondary N) is 2. The van der Waals surface area contributed by atoms with E-state index in [1.807, 2.05) is 0 Å². The van der Waals surface area contributed by atoms with Crippen LogP contribution in [0.1, 0.15) is 12.8 Å². The van der Waals surface area contributed by atoms with Crippen molar-refractivity contribution in [2.45, 2.75) is 29.5 Å². The van der Waals surface area contributed by atoms with Gasteiger partial charge in [-0.25, -0.2) is 0 Å². The van der Waals surface area contributed by atoms with Crippen LogP contribution in [0.3, 0.4) is 0 Å². The van der Waals surface area contributed by atoms with Crippen LogP contribution >= 0.6 is 24.0 Å². The van der Waals surface area contributed by atoms with Gasteiger partial charge in [0.2, 0.25) is 0 Å². The van der Waals surface area contributed by atoms with Crippen LogP contribution < -0.4 is 10.6 Å². The molecule has 3 aliphatic heterocycles. The third kappa shape index (κ3) is 4.08. The predicted octanol–water partition coefficient (Wildman–Crippen LogP) is 3.38. The van der Waals surface area contributed by atoms with E-state index in [0.29, 0.717) is 33.7 Å². The van der Waals surface area contributed by atoms with Gasteiger partial charge < -0.3 is 15.5 Å². The molecule has 1 aromatic carbocycles. The molecule has 1 aromatic rings. The Morgan fingerprint density at radius 1 is 1.23 bits per heavy atom. The smallest absolute Gasteiger partial charge is 0.288 e. The van der Waals surface area contributed by atoms with E-state index in [-0.39, 0.29) is 0 Å². The Bertz CT molecular complexity index is 516. The Morgan fingerprint density at radius 2 is 1.91 bits per heavy atom. The van der Waals surface area contributed by atoms with Gasteiger partial charge in [-0.2, -0.15) is 8.78 Å². The van der Waals surface area contributed by atoms with Crippen molar-refractivity contribution in [3.63, 3.8) is 0 Å². The van der Waals surface area contributed by atoms with Crippen LogP contribution in [0.25, 0.3) is 0 Å². The van der Waals surface area contributed by atoms with E-state index >= 15 is 0 Å². The van der Waals surface area contributed by atoms with Gasteiger partial charge in [-0.1, -0.05) is 11.8 Å². The third-order valence-corrected chi connectivity index (χ3v) is 5.25. The Hall–Kier alpha value is -0.920. The summed E-state index contributed by atoms with van der Waals surface area (Å²) in [4.78, 5) is 3.02. The first-order chi connectivity index (χ1) is 10.6. The highest BCUT2D eigenvalue weighted by atomic mass is 32.2. The lowest BCUT2D eigenvalue weighted by Gasteiger charge is -2.45. The topological polar surface area (TPSA) is 27.3 Å². The monoisotopic (exact) mass is 343 g/mol. The average Bonchev–Trinajstić information content (AvgIpc) is 2.50. The summed E-state index contributed by atoms with van der Waals surface area (Å²) in [5.74, 6) is -1.69. The van der Waals surface area contributed by atoms with Crippen LogP contribution in [0.5, 0.6) is 0 Å². The number of thiocarbonyl (C=S) groups is 1. The van der Waals surface area contributed by atoms with E-state index in [0.717, 1.165) is 12.2 Å². The molecule has 3 nitrogen and oxygen atoms in total. The molecular weight excluding hydrogens is 324 g/mol. The van der Waals surface area contributed by atoms with Crippen molar-refractivity contribution < 1.29 is 8.78 Å². The minimum Gasteiger partial charge on any atom is -0.358 e. The summed E-state index contributed by atoms with van der Waals surface area (Å²) in [5, 5.41) is 7.14. The van der Waals surface area contributed by atoms with Crippen molar-refractivity contribution in [1.29, 1.82) is 0 Å². The van der Waals surface area contributed by atoms with E-state index in [1.165, 1.54) is 25.9 Å². The molecule has 0 aliphatic carbocycles. The number of anilines is 1. The molecule has 0 aromatic heterocycles. The van der Waals surface area contributed by atoms with E-state index < -0.39 is 5.76 Å². The van der Waals surface area contributed by atoms with Gasteiger partial charge in [0.05, 0.1) is 0 Å². The molecule has 0 radical (unpaired) electrons. The van der Waals surface area contributed by atoms with Crippen molar-refractivity contribution in [3.05, 3.63) is 24.3 Å². The molecule has 0 unspecified atom stereocenters. The number of thioether (sulfide) groups is 1. The molecule has 3 saturated heterocycles. The second kappa shape index (κ2) is 7.10. The van der Waals surface area contributed by atoms with E-state index in [1.54, 1.807) is 24.3 Å². The van der Waals surface area contributed by atoms with E-state index in [9.17, 15) is 8.78 Å². The minimum absolute atomic E-state index is 0.413. The normalized spacial score (nSPS) is 27.0. The number of halogens is 2. The summed E-state index contributed by atoms with van der Waals surface area (Å²) in [5.41, 5.74) is 0.817. The maximum absolute atomic E-state index is 12.3. The maximum Gasteiger partial charge on any atom is 0.288 e. The number of alkyl halides is 2. The molecule has 2 N–H and O–H groups in total. The standard InChI is InChI=1S/C15H19F2N3S2/c16-14(17)22-12-3-1-11(2-4-12)18-15(21)19-13-9-20-7-5-10(13)6-8-20/h1-4,10,13-14H,5-9H2,(H2,18,19,21)/t13-/m1/s1. The van der Waals surface area contributed by atoms with E-state index in [4.69, 9.17) is 12.2 Å². The second-order valence-electron chi connectivity index (χ2n) is 5.75. The first-order valence-corrected chi connectivity index (χ1v) is 8.74. The molecule has 3 fully saturated rings. The molecule has 3 heterocycles. The number of fused-ring (bicyclic) bond motifs is 3. The lowest BCUT2D eigenvalue weighted by molar-refractivity contribution is 0.0815. The first-order valence-electron chi connectivity index (χ1n) is 7.45. The Kier molecular flexibility index (Phi) is 5.15. The zero-order chi connectivity index (χ0) is 15.5. The van der Waals surface area contributed by atoms with Crippen LogP contribution in [-0.2, 0) is 0 Å². The Balaban J connectivity index is 1.51. The highest BCUT2D eigenvalue weighted by molar-refractivity contribution is 7.99. The number of hydrogen-bond donors (Lipinski definition) is 2. The third-order valence-electron chi connectivity index (χ3n) is 4.31. The number of benzene rings is 1. The molecular formula is C15H19F2N3S2. The van der Waals surface area contributed by atoms with Gasteiger partial charge in [0.15, 0.2) is 5.11 Å². The van der Waals surface area contributed by atoms with Gasteiger partial charge in [0.1, 0.15) is 0 Å². The van der Waals surface area contributed by atoms with Crippen LogP contribution in [0.15, 0.2) is 29.2 Å². The summed E-state index contributed by atoms with van der Waals surface area (Å²) in [6.45, 7) is 3.45. The fraction of sp³-hybridized carbons (Fsp3) is 0.533. The van der Waals surface area contributed by atoms with Crippen molar-refractivity contribution in [3.8, 4) is 0 Å². The molecule has 4 rings (SSSR count). The molecule has 0 spiro atoms. The fourth-order valence-corrected chi connectivity index (χ4v) is 3.95. The minimum atomic E-state index is -2.39. The SMILES string of the molecule is FC(F)Sc1ccc(NC(=S)N[C@@H]2CN3CCC2CC3)cc1. The zero-order valence-corrected chi connectivity index (χ0v) is 13.7. The lowest BCUT2D eigenvalue weighted by atomic mass is 9.84. The molecule has 2 bridgehead atoms. The number of nitrogens with zero attached hydrogens (tertiary/aromatic N) is 1. The highest BCUT2D eigenvalue weighted by Crippen LogP contribution is 2.28. The molecule has 0 saturated carbocycles. The summed E-state index contributed by atoms with van der Waals surface area (Å²) < 4.78 is 24.6. The molecule has 0 amide bonds. The fourth-order valence-electron chi connectivity index (χ4n) is 3.18. The number of piperidine rings is 3. The molecule has 3 aliphatic rings. The van der Waals surface area contributed by atoms with Gasteiger partial charge >= 0.3 is 0 Å². The number of rotatable bonds is 4. The molecule has 1 atom stereocenters. The Morgan fingerprint density at radius 3 is 2.45 bits per heavy atom. The average molecular weight is 343 g/mol. The summed E-state index contributed by atoms with van der Waals surface area (Å²) in [6.07, 6.45) is 2.47. The quantitative estimate of drug-likeness (QED) is 0.646.